The maximum Gasteiger partial charge on any atom is 0.472 e. The molecule has 3 atom stereocenters. The number of ether oxygens (including phenoxy) is 3. The Bertz CT molecular complexity index is 1650. The minimum absolute atomic E-state index is 0.148. The standard InChI is InChI=1S/C70H125O11P/c1-4-7-10-13-16-19-22-25-28-31-33-36-38-41-44-47-50-53-56-59-68(72)77-63-67(81-70(74)61-58-55-52-49-46-43-40-37-34-32-29-26-23-20-17-14-11-8-5-2)65-79-82(75,76)78-64-66(62-71)80-69(73)60-57-54-51-48-45-42-39-35-30-27-24-21-18-15-12-9-6-3/h9,12,18,21,25-30,39,42,66-67,71H,4-8,10-11,13-17,19-20,22-24,31-38,40-41,43-65H2,1-3H3,(H,75,76)/b12-9-,21-18-,28-25-,29-26-,30-27-,42-39-. The molecule has 0 aliphatic carbocycles. The zero-order valence-electron chi connectivity index (χ0n) is 53.0. The van der Waals surface area contributed by atoms with Crippen LogP contribution in [0.1, 0.15) is 316 Å². The molecule has 0 aromatic heterocycles. The molecule has 0 aromatic rings. The van der Waals surface area contributed by atoms with E-state index in [1.165, 1.54) is 167 Å². The Morgan fingerprint density at radius 1 is 0.354 bits per heavy atom. The van der Waals surface area contributed by atoms with Crippen LogP contribution in [0.3, 0.4) is 0 Å². The summed E-state index contributed by atoms with van der Waals surface area (Å²) in [7, 11) is -4.76. The molecule has 0 aliphatic rings. The highest BCUT2D eigenvalue weighted by molar-refractivity contribution is 7.47. The first-order valence-electron chi connectivity index (χ1n) is 33.8. The summed E-state index contributed by atoms with van der Waals surface area (Å²) in [6.45, 7) is 4.55. The highest BCUT2D eigenvalue weighted by Crippen LogP contribution is 2.43. The number of aliphatic hydroxyl groups is 1. The third-order valence-electron chi connectivity index (χ3n) is 14.6. The van der Waals surface area contributed by atoms with E-state index in [0.29, 0.717) is 19.3 Å². The van der Waals surface area contributed by atoms with Crippen molar-refractivity contribution < 1.29 is 52.2 Å². The third kappa shape index (κ3) is 61.5. The Morgan fingerprint density at radius 3 is 0.988 bits per heavy atom. The van der Waals surface area contributed by atoms with Crippen LogP contribution in [0.15, 0.2) is 72.9 Å². The van der Waals surface area contributed by atoms with Gasteiger partial charge >= 0.3 is 25.7 Å². The van der Waals surface area contributed by atoms with E-state index in [1.807, 2.05) is 0 Å². The SMILES string of the molecule is CC/C=C\C/C=C\C/C=C\C/C=C\CCCCCCC(=O)OC(CO)COP(=O)(O)OCC(COC(=O)CCCCCCCCCCC/C=C\CCCCCCCC)OC(=O)CCCCCCCCCCC/C=C\CCCCCCCC. The van der Waals surface area contributed by atoms with Gasteiger partial charge < -0.3 is 24.2 Å². The Morgan fingerprint density at radius 2 is 0.634 bits per heavy atom. The highest BCUT2D eigenvalue weighted by atomic mass is 31.2. The lowest BCUT2D eigenvalue weighted by atomic mass is 10.1. The Balaban J connectivity index is 4.70. The van der Waals surface area contributed by atoms with Crippen LogP contribution < -0.4 is 0 Å². The van der Waals surface area contributed by atoms with E-state index in [-0.39, 0.29) is 25.9 Å². The van der Waals surface area contributed by atoms with Gasteiger partial charge in [0, 0.05) is 19.3 Å². The van der Waals surface area contributed by atoms with Crippen molar-refractivity contribution in [1.82, 2.24) is 0 Å². The van der Waals surface area contributed by atoms with E-state index in [4.69, 9.17) is 23.3 Å². The van der Waals surface area contributed by atoms with Gasteiger partial charge in [-0.25, -0.2) is 4.57 Å². The Labute approximate surface area is 503 Å². The van der Waals surface area contributed by atoms with Gasteiger partial charge in [-0.05, 0) is 109 Å². The minimum atomic E-state index is -4.76. The molecule has 0 fully saturated rings. The van der Waals surface area contributed by atoms with Gasteiger partial charge in [-0.1, -0.05) is 261 Å². The molecule has 0 heterocycles. The molecule has 3 unspecified atom stereocenters. The predicted octanol–water partition coefficient (Wildman–Crippen LogP) is 20.8. The van der Waals surface area contributed by atoms with Crippen LogP contribution in [0, 0.1) is 0 Å². The number of carbonyl (C=O) groups is 3. The number of phosphoric ester groups is 1. The summed E-state index contributed by atoms with van der Waals surface area (Å²) in [5.41, 5.74) is 0. The largest absolute Gasteiger partial charge is 0.472 e. The molecular weight excluding hydrogens is 1050 g/mol. The molecule has 0 saturated carbocycles. The molecule has 0 saturated heterocycles. The van der Waals surface area contributed by atoms with Gasteiger partial charge in [0.05, 0.1) is 19.8 Å². The molecule has 0 bridgehead atoms. The van der Waals surface area contributed by atoms with Gasteiger partial charge in [-0.3, -0.25) is 23.4 Å². The van der Waals surface area contributed by atoms with Gasteiger partial charge in [-0.2, -0.15) is 0 Å². The van der Waals surface area contributed by atoms with E-state index in [2.05, 4.69) is 93.7 Å². The van der Waals surface area contributed by atoms with E-state index in [0.717, 1.165) is 89.9 Å². The van der Waals surface area contributed by atoms with Crippen LogP contribution in [0.2, 0.25) is 0 Å². The predicted molar refractivity (Wildman–Crippen MR) is 344 cm³/mol. The second-order valence-electron chi connectivity index (χ2n) is 22.6. The average molecular weight is 1170 g/mol. The number of unbranched alkanes of at least 4 members (excludes halogenated alkanes) is 34. The molecule has 12 heteroatoms. The van der Waals surface area contributed by atoms with Crippen LogP contribution in [0.5, 0.6) is 0 Å². The van der Waals surface area contributed by atoms with Gasteiger partial charge in [0.1, 0.15) is 12.7 Å². The third-order valence-corrected chi connectivity index (χ3v) is 15.5. The van der Waals surface area contributed by atoms with Crippen molar-refractivity contribution in [1.29, 1.82) is 0 Å². The highest BCUT2D eigenvalue weighted by Gasteiger charge is 2.28. The zero-order valence-corrected chi connectivity index (χ0v) is 53.8. The summed E-state index contributed by atoms with van der Waals surface area (Å²) in [4.78, 5) is 48.8. The number of hydrogen-bond acceptors (Lipinski definition) is 10. The van der Waals surface area contributed by atoms with E-state index < -0.39 is 57.8 Å². The first kappa shape index (κ1) is 78.9. The summed E-state index contributed by atoms with van der Waals surface area (Å²) >= 11 is 0. The fourth-order valence-electron chi connectivity index (χ4n) is 9.46. The Hall–Kier alpha value is -3.08. The molecule has 0 aliphatic heterocycles. The van der Waals surface area contributed by atoms with Crippen molar-refractivity contribution >= 4 is 25.7 Å². The van der Waals surface area contributed by atoms with E-state index >= 15 is 0 Å². The first-order valence-corrected chi connectivity index (χ1v) is 35.3. The summed E-state index contributed by atoms with van der Waals surface area (Å²) < 4.78 is 39.8. The van der Waals surface area contributed by atoms with Gasteiger partial charge in [-0.15, -0.1) is 0 Å². The van der Waals surface area contributed by atoms with Gasteiger partial charge in [0.15, 0.2) is 6.10 Å². The summed E-state index contributed by atoms with van der Waals surface area (Å²) in [6.07, 6.45) is 74.2. The van der Waals surface area contributed by atoms with Crippen molar-refractivity contribution in [3.05, 3.63) is 72.9 Å². The zero-order chi connectivity index (χ0) is 59.8. The Kier molecular flexibility index (Phi) is 61.5. The average Bonchev–Trinajstić information content (AvgIpc) is 3.49. The molecular formula is C70H125O11P. The van der Waals surface area contributed by atoms with Gasteiger partial charge in [0.2, 0.25) is 0 Å². The lowest BCUT2D eigenvalue weighted by Crippen LogP contribution is -2.30. The number of allylic oxidation sites excluding steroid dienone is 12. The topological polar surface area (TPSA) is 155 Å². The summed E-state index contributed by atoms with van der Waals surface area (Å²) in [5.74, 6) is -1.48. The van der Waals surface area contributed by atoms with Crippen LogP contribution in [-0.4, -0.2) is 66.5 Å². The van der Waals surface area contributed by atoms with E-state index in [1.54, 1.807) is 0 Å². The number of aliphatic hydroxyl groups excluding tert-OH is 1. The van der Waals surface area contributed by atoms with E-state index in [9.17, 15) is 28.9 Å². The fraction of sp³-hybridized carbons (Fsp3) is 0.786. The number of esters is 3. The smallest absolute Gasteiger partial charge is 0.462 e. The molecule has 0 aromatic carbocycles. The lowest BCUT2D eigenvalue weighted by Gasteiger charge is -2.21. The number of rotatable bonds is 63. The second-order valence-corrected chi connectivity index (χ2v) is 24.1. The maximum atomic E-state index is 13.0. The molecule has 82 heavy (non-hydrogen) atoms. The maximum absolute atomic E-state index is 13.0. The summed E-state index contributed by atoms with van der Waals surface area (Å²) in [6, 6.07) is 0. The van der Waals surface area contributed by atoms with Gasteiger partial charge in [0.25, 0.3) is 0 Å². The van der Waals surface area contributed by atoms with Crippen molar-refractivity contribution in [2.45, 2.75) is 328 Å². The van der Waals surface area contributed by atoms with Crippen LogP contribution in [0.4, 0.5) is 0 Å². The normalized spacial score (nSPS) is 13.7. The van der Waals surface area contributed by atoms with Crippen molar-refractivity contribution in [2.75, 3.05) is 26.4 Å². The molecule has 0 radical (unpaired) electrons. The fourth-order valence-corrected chi connectivity index (χ4v) is 10.2. The molecule has 11 nitrogen and oxygen atoms in total. The molecule has 0 rings (SSSR count). The number of carbonyl (C=O) groups excluding carboxylic acids is 3. The molecule has 0 amide bonds. The minimum Gasteiger partial charge on any atom is -0.462 e. The molecule has 476 valence electrons. The quantitative estimate of drug-likeness (QED) is 0.0197. The van der Waals surface area contributed by atoms with Crippen LogP contribution in [-0.2, 0) is 42.2 Å². The van der Waals surface area contributed by atoms with Crippen molar-refractivity contribution in [2.24, 2.45) is 0 Å². The number of phosphoric acid groups is 1. The molecule has 0 spiro atoms. The molecule has 2 N–H and O–H groups in total. The van der Waals surface area contributed by atoms with Crippen molar-refractivity contribution in [3.8, 4) is 0 Å². The monoisotopic (exact) mass is 1170 g/mol. The second kappa shape index (κ2) is 63.9. The van der Waals surface area contributed by atoms with Crippen LogP contribution in [0.25, 0.3) is 0 Å². The van der Waals surface area contributed by atoms with Crippen molar-refractivity contribution in [3.63, 3.8) is 0 Å². The number of hydrogen-bond donors (Lipinski definition) is 2. The van der Waals surface area contributed by atoms with Crippen LogP contribution >= 0.6 is 7.82 Å². The summed E-state index contributed by atoms with van der Waals surface area (Å²) in [5, 5.41) is 9.86. The first-order chi connectivity index (χ1) is 40.2. The lowest BCUT2D eigenvalue weighted by molar-refractivity contribution is -0.161.